The number of benzene rings is 1. The molecule has 0 saturated carbocycles. The van der Waals surface area contributed by atoms with Crippen LogP contribution in [0.3, 0.4) is 0 Å². The smallest absolute Gasteiger partial charge is 0.410 e. The standard InChI is InChI=1S/C14H17NO4/c1-11(15-8-5-9-18-14(15)17)13(16)19-10-12-6-3-2-4-7-12/h2-4,6-7,11H,5,8-10H2,1H3. The summed E-state index contributed by atoms with van der Waals surface area (Å²) in [5.74, 6) is -0.414. The lowest BCUT2D eigenvalue weighted by atomic mass is 10.2. The SMILES string of the molecule is CC(C(=O)OCc1ccccc1)N1CCCOC1=O. The van der Waals surface area contributed by atoms with Crippen molar-refractivity contribution in [3.8, 4) is 0 Å². The van der Waals surface area contributed by atoms with Gasteiger partial charge in [-0.1, -0.05) is 30.3 Å². The molecule has 0 radical (unpaired) electrons. The maximum Gasteiger partial charge on any atom is 0.410 e. The van der Waals surface area contributed by atoms with Crippen LogP contribution in [0.1, 0.15) is 18.9 Å². The van der Waals surface area contributed by atoms with Crippen molar-refractivity contribution in [1.29, 1.82) is 0 Å². The molecule has 0 aliphatic carbocycles. The Morgan fingerprint density at radius 2 is 2.16 bits per heavy atom. The summed E-state index contributed by atoms with van der Waals surface area (Å²) < 4.78 is 10.1. The lowest BCUT2D eigenvalue weighted by Gasteiger charge is -2.30. The Bertz CT molecular complexity index is 446. The summed E-state index contributed by atoms with van der Waals surface area (Å²) in [5.41, 5.74) is 0.921. The maximum atomic E-state index is 11.9. The highest BCUT2D eigenvalue weighted by Gasteiger charge is 2.30. The fraction of sp³-hybridized carbons (Fsp3) is 0.429. The molecule has 1 aliphatic rings. The van der Waals surface area contributed by atoms with E-state index in [4.69, 9.17) is 9.47 Å². The van der Waals surface area contributed by atoms with Crippen molar-refractivity contribution in [3.05, 3.63) is 35.9 Å². The summed E-state index contributed by atoms with van der Waals surface area (Å²) in [6.07, 6.45) is 0.289. The Kier molecular flexibility index (Phi) is 4.39. The first kappa shape index (κ1) is 13.4. The average Bonchev–Trinajstić information content (AvgIpc) is 2.45. The molecule has 1 aliphatic heterocycles. The van der Waals surface area contributed by atoms with Crippen LogP contribution in [-0.2, 0) is 20.9 Å². The highest BCUT2D eigenvalue weighted by Crippen LogP contribution is 2.11. The Morgan fingerprint density at radius 3 is 2.84 bits per heavy atom. The van der Waals surface area contributed by atoms with Gasteiger partial charge in [-0.2, -0.15) is 0 Å². The normalized spacial score (nSPS) is 16.7. The fourth-order valence-corrected chi connectivity index (χ4v) is 1.90. The van der Waals surface area contributed by atoms with Crippen molar-refractivity contribution in [2.75, 3.05) is 13.2 Å². The van der Waals surface area contributed by atoms with Crippen molar-refractivity contribution >= 4 is 12.1 Å². The van der Waals surface area contributed by atoms with Gasteiger partial charge in [0.2, 0.25) is 0 Å². The second kappa shape index (κ2) is 6.22. The molecule has 19 heavy (non-hydrogen) atoms. The number of rotatable bonds is 4. The minimum absolute atomic E-state index is 0.215. The Labute approximate surface area is 112 Å². The molecular weight excluding hydrogens is 246 g/mol. The molecule has 1 atom stereocenters. The van der Waals surface area contributed by atoms with E-state index in [1.165, 1.54) is 4.90 Å². The molecule has 1 aromatic rings. The van der Waals surface area contributed by atoms with Gasteiger partial charge in [-0.15, -0.1) is 0 Å². The third-order valence-electron chi connectivity index (χ3n) is 3.04. The molecule has 102 valence electrons. The molecule has 1 heterocycles. The molecule has 5 nitrogen and oxygen atoms in total. The fourth-order valence-electron chi connectivity index (χ4n) is 1.90. The molecule has 2 rings (SSSR count). The number of nitrogens with zero attached hydrogens (tertiary/aromatic N) is 1. The van der Waals surface area contributed by atoms with E-state index < -0.39 is 18.1 Å². The van der Waals surface area contributed by atoms with E-state index in [-0.39, 0.29) is 6.61 Å². The third-order valence-corrected chi connectivity index (χ3v) is 3.04. The minimum atomic E-state index is -0.614. The second-order valence-electron chi connectivity index (χ2n) is 4.43. The molecule has 1 aromatic carbocycles. The van der Waals surface area contributed by atoms with Crippen molar-refractivity contribution in [2.24, 2.45) is 0 Å². The number of carbonyl (C=O) groups excluding carboxylic acids is 2. The van der Waals surface area contributed by atoms with Crippen molar-refractivity contribution in [1.82, 2.24) is 4.90 Å². The van der Waals surface area contributed by atoms with E-state index in [1.54, 1.807) is 6.92 Å². The lowest BCUT2D eigenvalue weighted by Crippen LogP contribution is -2.47. The molecule has 1 amide bonds. The summed E-state index contributed by atoms with van der Waals surface area (Å²) in [7, 11) is 0. The lowest BCUT2D eigenvalue weighted by molar-refractivity contribution is -0.150. The minimum Gasteiger partial charge on any atom is -0.459 e. The van der Waals surface area contributed by atoms with Gasteiger partial charge < -0.3 is 9.47 Å². The number of cyclic esters (lactones) is 1. The number of ether oxygens (including phenoxy) is 2. The largest absolute Gasteiger partial charge is 0.459 e. The van der Waals surface area contributed by atoms with Crippen LogP contribution in [0.25, 0.3) is 0 Å². The molecule has 1 unspecified atom stereocenters. The van der Waals surface area contributed by atoms with Crippen LogP contribution < -0.4 is 0 Å². The number of carbonyl (C=O) groups is 2. The van der Waals surface area contributed by atoms with Gasteiger partial charge in [0.25, 0.3) is 0 Å². The molecule has 0 N–H and O–H groups in total. The zero-order valence-corrected chi connectivity index (χ0v) is 10.9. The van der Waals surface area contributed by atoms with Crippen molar-refractivity contribution < 1.29 is 19.1 Å². The van der Waals surface area contributed by atoms with Gasteiger partial charge in [-0.05, 0) is 18.9 Å². The van der Waals surface area contributed by atoms with Crippen LogP contribution >= 0.6 is 0 Å². The van der Waals surface area contributed by atoms with Crippen LogP contribution in [0.15, 0.2) is 30.3 Å². The molecule has 5 heteroatoms. The third kappa shape index (κ3) is 3.47. The van der Waals surface area contributed by atoms with Crippen LogP contribution in [0.5, 0.6) is 0 Å². The predicted molar refractivity (Wildman–Crippen MR) is 68.4 cm³/mol. The number of hydrogen-bond donors (Lipinski definition) is 0. The van der Waals surface area contributed by atoms with E-state index >= 15 is 0 Å². The van der Waals surface area contributed by atoms with Crippen LogP contribution in [-0.4, -0.2) is 36.2 Å². The molecule has 0 aromatic heterocycles. The highest BCUT2D eigenvalue weighted by molar-refractivity contribution is 5.81. The second-order valence-corrected chi connectivity index (χ2v) is 4.43. The van der Waals surface area contributed by atoms with Gasteiger partial charge in [0, 0.05) is 6.54 Å². The van der Waals surface area contributed by atoms with Gasteiger partial charge in [-0.25, -0.2) is 9.59 Å². The average molecular weight is 263 g/mol. The maximum absolute atomic E-state index is 11.9. The number of amides is 1. The van der Waals surface area contributed by atoms with Gasteiger partial charge in [0.1, 0.15) is 12.6 Å². The Balaban J connectivity index is 1.87. The first-order valence-corrected chi connectivity index (χ1v) is 6.32. The van der Waals surface area contributed by atoms with Crippen LogP contribution in [0.2, 0.25) is 0 Å². The first-order chi connectivity index (χ1) is 9.18. The molecular formula is C14H17NO4. The molecule has 1 saturated heterocycles. The van der Waals surface area contributed by atoms with Crippen molar-refractivity contribution in [2.45, 2.75) is 26.0 Å². The van der Waals surface area contributed by atoms with Crippen molar-refractivity contribution in [3.63, 3.8) is 0 Å². The number of esters is 1. The Morgan fingerprint density at radius 1 is 1.42 bits per heavy atom. The monoisotopic (exact) mass is 263 g/mol. The molecule has 1 fully saturated rings. The van der Waals surface area contributed by atoms with Gasteiger partial charge in [0.05, 0.1) is 6.61 Å². The van der Waals surface area contributed by atoms with E-state index in [0.29, 0.717) is 13.2 Å². The Hall–Kier alpha value is -2.04. The van der Waals surface area contributed by atoms with E-state index in [9.17, 15) is 9.59 Å². The van der Waals surface area contributed by atoms with Gasteiger partial charge in [0.15, 0.2) is 0 Å². The van der Waals surface area contributed by atoms with E-state index in [2.05, 4.69) is 0 Å². The van der Waals surface area contributed by atoms with Crippen LogP contribution in [0, 0.1) is 0 Å². The number of hydrogen-bond acceptors (Lipinski definition) is 4. The van der Waals surface area contributed by atoms with Gasteiger partial charge >= 0.3 is 12.1 Å². The quantitative estimate of drug-likeness (QED) is 0.779. The van der Waals surface area contributed by atoms with Gasteiger partial charge in [-0.3, -0.25) is 4.90 Å². The molecule has 0 bridgehead atoms. The molecule has 0 spiro atoms. The summed E-state index contributed by atoms with van der Waals surface area (Å²) in [4.78, 5) is 24.8. The first-order valence-electron chi connectivity index (χ1n) is 6.32. The van der Waals surface area contributed by atoms with E-state index in [1.807, 2.05) is 30.3 Å². The summed E-state index contributed by atoms with van der Waals surface area (Å²) in [6.45, 7) is 2.81. The highest BCUT2D eigenvalue weighted by atomic mass is 16.6. The summed E-state index contributed by atoms with van der Waals surface area (Å²) >= 11 is 0. The van der Waals surface area contributed by atoms with E-state index in [0.717, 1.165) is 12.0 Å². The summed E-state index contributed by atoms with van der Waals surface area (Å²) in [5, 5.41) is 0. The predicted octanol–water partition coefficient (Wildman–Crippen LogP) is 1.96. The summed E-state index contributed by atoms with van der Waals surface area (Å²) in [6, 6.07) is 8.82. The zero-order chi connectivity index (χ0) is 13.7. The topological polar surface area (TPSA) is 55.8 Å². The van der Waals surface area contributed by atoms with Crippen LogP contribution in [0.4, 0.5) is 4.79 Å². The zero-order valence-electron chi connectivity index (χ0n) is 10.9.